The van der Waals surface area contributed by atoms with E-state index in [0.717, 1.165) is 42.9 Å². The average molecular weight is 532 g/mol. The fourth-order valence-corrected chi connectivity index (χ4v) is 6.35. The van der Waals surface area contributed by atoms with E-state index in [0.29, 0.717) is 17.6 Å². The minimum Gasteiger partial charge on any atom is -0.278 e. The molecular weight excluding hydrogens is 510 g/mol. The zero-order valence-corrected chi connectivity index (χ0v) is 22.1. The second-order valence-corrected chi connectivity index (χ2v) is 10.6. The number of hydrogen-bond acceptors (Lipinski definition) is 5. The van der Waals surface area contributed by atoms with Crippen molar-refractivity contribution < 1.29 is 0 Å². The maximum atomic E-state index is 5.12. The Morgan fingerprint density at radius 1 is 0.475 bits per heavy atom. The Bertz CT molecular complexity index is 2110. The maximum Gasteiger partial charge on any atom is 0.238 e. The van der Waals surface area contributed by atoms with Gasteiger partial charge in [0.15, 0.2) is 11.6 Å². The fraction of sp³-hybridized carbons (Fsp3) is 0. The summed E-state index contributed by atoms with van der Waals surface area (Å²) in [6, 6.07) is 43.3. The smallest absolute Gasteiger partial charge is 0.238 e. The zero-order valence-electron chi connectivity index (χ0n) is 21.3. The molecule has 8 rings (SSSR count). The second-order valence-electron chi connectivity index (χ2n) is 9.56. The molecular formula is C34H21N5S. The first kappa shape index (κ1) is 22.8. The highest BCUT2D eigenvalue weighted by atomic mass is 32.1. The third-order valence-electron chi connectivity index (χ3n) is 7.11. The normalized spacial score (nSPS) is 11.5. The van der Waals surface area contributed by atoms with Crippen LogP contribution in [-0.4, -0.2) is 24.5 Å². The van der Waals surface area contributed by atoms with Gasteiger partial charge in [-0.05, 0) is 24.3 Å². The summed E-state index contributed by atoms with van der Waals surface area (Å²) in [5.74, 6) is 1.85. The average Bonchev–Trinajstić information content (AvgIpc) is 3.61. The molecule has 188 valence electrons. The van der Waals surface area contributed by atoms with Crippen molar-refractivity contribution >= 4 is 43.4 Å². The lowest BCUT2D eigenvalue weighted by Gasteiger charge is -2.11. The van der Waals surface area contributed by atoms with E-state index in [1.807, 2.05) is 54.6 Å². The SMILES string of the molecule is c1ccc(-c2nc(-c3cccc4nc(-c5ccccc5)sc34)nc(-n3c4ccccc4c4ccccc43)n2)cc1. The summed E-state index contributed by atoms with van der Waals surface area (Å²) in [6.07, 6.45) is 0. The Morgan fingerprint density at radius 3 is 1.77 bits per heavy atom. The number of benzene rings is 5. The van der Waals surface area contributed by atoms with Gasteiger partial charge in [-0.25, -0.2) is 9.97 Å². The van der Waals surface area contributed by atoms with Crippen LogP contribution in [0.4, 0.5) is 0 Å². The summed E-state index contributed by atoms with van der Waals surface area (Å²) in [4.78, 5) is 20.1. The van der Waals surface area contributed by atoms with Gasteiger partial charge in [0.1, 0.15) is 5.01 Å². The van der Waals surface area contributed by atoms with Gasteiger partial charge in [-0.3, -0.25) is 4.57 Å². The van der Waals surface area contributed by atoms with Gasteiger partial charge in [-0.2, -0.15) is 9.97 Å². The van der Waals surface area contributed by atoms with Crippen LogP contribution in [0.5, 0.6) is 0 Å². The van der Waals surface area contributed by atoms with Crippen LogP contribution < -0.4 is 0 Å². The van der Waals surface area contributed by atoms with Crippen LogP contribution in [0, 0.1) is 0 Å². The Hall–Kier alpha value is -5.20. The predicted molar refractivity (Wildman–Crippen MR) is 164 cm³/mol. The third kappa shape index (κ3) is 3.69. The molecule has 40 heavy (non-hydrogen) atoms. The first-order valence-electron chi connectivity index (χ1n) is 13.1. The first-order chi connectivity index (χ1) is 19.8. The summed E-state index contributed by atoms with van der Waals surface area (Å²) in [6.45, 7) is 0. The van der Waals surface area contributed by atoms with Crippen molar-refractivity contribution in [1.29, 1.82) is 0 Å². The van der Waals surface area contributed by atoms with Crippen molar-refractivity contribution in [1.82, 2.24) is 24.5 Å². The number of rotatable bonds is 4. The van der Waals surface area contributed by atoms with Crippen molar-refractivity contribution in [3.63, 3.8) is 0 Å². The maximum absolute atomic E-state index is 5.12. The third-order valence-corrected chi connectivity index (χ3v) is 8.27. The molecule has 0 fully saturated rings. The molecule has 0 radical (unpaired) electrons. The Labute approximate surface area is 234 Å². The molecule has 0 saturated heterocycles. The molecule has 0 spiro atoms. The van der Waals surface area contributed by atoms with Gasteiger partial charge in [-0.1, -0.05) is 103 Å². The van der Waals surface area contributed by atoms with Crippen LogP contribution in [0.3, 0.4) is 0 Å². The van der Waals surface area contributed by atoms with Gasteiger partial charge in [-0.15, -0.1) is 11.3 Å². The molecule has 0 aliphatic heterocycles. The van der Waals surface area contributed by atoms with Crippen LogP contribution in [-0.2, 0) is 0 Å². The lowest BCUT2D eigenvalue weighted by molar-refractivity contribution is 0.954. The van der Waals surface area contributed by atoms with Gasteiger partial charge < -0.3 is 0 Å². The van der Waals surface area contributed by atoms with E-state index < -0.39 is 0 Å². The number of aromatic nitrogens is 5. The lowest BCUT2D eigenvalue weighted by Crippen LogP contribution is -2.06. The molecule has 0 amide bonds. The summed E-state index contributed by atoms with van der Waals surface area (Å²) < 4.78 is 3.20. The molecule has 0 saturated carbocycles. The molecule has 0 unspecified atom stereocenters. The molecule has 0 atom stereocenters. The molecule has 0 bridgehead atoms. The van der Waals surface area contributed by atoms with E-state index in [1.165, 1.54) is 10.8 Å². The van der Waals surface area contributed by atoms with Gasteiger partial charge in [0.2, 0.25) is 5.95 Å². The van der Waals surface area contributed by atoms with Crippen LogP contribution in [0.1, 0.15) is 0 Å². The van der Waals surface area contributed by atoms with Crippen LogP contribution in [0.15, 0.2) is 127 Å². The molecule has 3 heterocycles. The summed E-state index contributed by atoms with van der Waals surface area (Å²) in [5.41, 5.74) is 6.03. The molecule has 5 nitrogen and oxygen atoms in total. The highest BCUT2D eigenvalue weighted by Crippen LogP contribution is 2.37. The molecule has 8 aromatic rings. The minimum absolute atomic E-state index is 0.589. The van der Waals surface area contributed by atoms with E-state index in [1.54, 1.807) is 11.3 Å². The van der Waals surface area contributed by atoms with Crippen LogP contribution in [0.2, 0.25) is 0 Å². The second kappa shape index (κ2) is 9.22. The number of para-hydroxylation sites is 2. The van der Waals surface area contributed by atoms with E-state index in [-0.39, 0.29) is 0 Å². The largest absolute Gasteiger partial charge is 0.278 e. The predicted octanol–water partition coefficient (Wildman–Crippen LogP) is 8.58. The van der Waals surface area contributed by atoms with Crippen molar-refractivity contribution in [2.45, 2.75) is 0 Å². The molecule has 0 aliphatic rings. The Morgan fingerprint density at radius 2 is 1.07 bits per heavy atom. The van der Waals surface area contributed by atoms with E-state index in [9.17, 15) is 0 Å². The van der Waals surface area contributed by atoms with E-state index in [4.69, 9.17) is 19.9 Å². The number of fused-ring (bicyclic) bond motifs is 4. The fourth-order valence-electron chi connectivity index (χ4n) is 5.27. The van der Waals surface area contributed by atoms with Crippen molar-refractivity contribution in [3.05, 3.63) is 127 Å². The Kier molecular flexibility index (Phi) is 5.24. The molecule has 6 heteroatoms. The number of thiazole rings is 1. The standard InChI is InChI=1S/C34H21N5S/c1-3-12-22(13-4-1)31-36-32(26-18-11-19-27-30(26)40-33(35-27)23-14-5-2-6-15-23)38-34(37-31)39-28-20-9-7-16-24(28)25-17-8-10-21-29(25)39/h1-21H. The van der Waals surface area contributed by atoms with Gasteiger partial charge in [0.05, 0.1) is 21.3 Å². The molecule has 3 aromatic heterocycles. The molecule has 0 N–H and O–H groups in total. The van der Waals surface area contributed by atoms with Gasteiger partial charge in [0.25, 0.3) is 0 Å². The highest BCUT2D eigenvalue weighted by molar-refractivity contribution is 7.22. The van der Waals surface area contributed by atoms with Gasteiger partial charge in [0, 0.05) is 27.5 Å². The number of hydrogen-bond donors (Lipinski definition) is 0. The van der Waals surface area contributed by atoms with E-state index >= 15 is 0 Å². The lowest BCUT2D eigenvalue weighted by atomic mass is 10.2. The summed E-state index contributed by atoms with van der Waals surface area (Å²) in [7, 11) is 0. The summed E-state index contributed by atoms with van der Waals surface area (Å²) >= 11 is 1.66. The van der Waals surface area contributed by atoms with Crippen LogP contribution >= 0.6 is 11.3 Å². The number of nitrogens with zero attached hydrogens (tertiary/aromatic N) is 5. The Balaban J connectivity index is 1.41. The highest BCUT2D eigenvalue weighted by Gasteiger charge is 2.19. The van der Waals surface area contributed by atoms with Crippen molar-refractivity contribution in [2.24, 2.45) is 0 Å². The van der Waals surface area contributed by atoms with Crippen molar-refractivity contribution in [3.8, 4) is 39.3 Å². The summed E-state index contributed by atoms with van der Waals surface area (Å²) in [5, 5.41) is 3.31. The van der Waals surface area contributed by atoms with E-state index in [2.05, 4.69) is 77.4 Å². The molecule has 5 aromatic carbocycles. The van der Waals surface area contributed by atoms with Crippen LogP contribution in [0.25, 0.3) is 71.3 Å². The monoisotopic (exact) mass is 531 g/mol. The molecule has 0 aliphatic carbocycles. The topological polar surface area (TPSA) is 56.5 Å². The van der Waals surface area contributed by atoms with Crippen molar-refractivity contribution in [2.75, 3.05) is 0 Å². The quantitative estimate of drug-likeness (QED) is 0.228. The zero-order chi connectivity index (χ0) is 26.5. The minimum atomic E-state index is 0.589. The first-order valence-corrected chi connectivity index (χ1v) is 13.9. The van der Waals surface area contributed by atoms with Gasteiger partial charge >= 0.3 is 0 Å².